The fourth-order valence-corrected chi connectivity index (χ4v) is 2.25. The van der Waals surface area contributed by atoms with E-state index >= 15 is 0 Å². The van der Waals surface area contributed by atoms with Crippen LogP contribution in [0, 0.1) is 0 Å². The summed E-state index contributed by atoms with van der Waals surface area (Å²) in [5, 5.41) is 13.6. The minimum absolute atomic E-state index is 0.289. The predicted octanol–water partition coefficient (Wildman–Crippen LogP) is 2.79. The van der Waals surface area contributed by atoms with Crippen molar-refractivity contribution in [2.75, 3.05) is 0 Å². The maximum absolute atomic E-state index is 11.0. The van der Waals surface area contributed by atoms with E-state index in [4.69, 9.17) is 5.11 Å². The third-order valence-electron chi connectivity index (χ3n) is 3.36. The SMILES string of the molecule is CCC(CC)n1ccc(Cn2cccc2C(=O)O)n1. The van der Waals surface area contributed by atoms with Gasteiger partial charge in [-0.15, -0.1) is 0 Å². The van der Waals surface area contributed by atoms with Gasteiger partial charge >= 0.3 is 5.97 Å². The Bertz CT molecular complexity index is 553. The molecule has 0 bridgehead atoms. The third kappa shape index (κ3) is 2.86. The molecule has 0 aromatic carbocycles. The lowest BCUT2D eigenvalue weighted by Crippen LogP contribution is -2.11. The number of aromatic carboxylic acids is 1. The number of carboxylic acid groups (broad SMARTS) is 1. The molecule has 0 saturated heterocycles. The molecule has 0 aliphatic carbocycles. The average Bonchev–Trinajstić information content (AvgIpc) is 3.01. The molecule has 0 saturated carbocycles. The van der Waals surface area contributed by atoms with Crippen molar-refractivity contribution in [2.24, 2.45) is 0 Å². The van der Waals surface area contributed by atoms with E-state index in [9.17, 15) is 4.79 Å². The lowest BCUT2D eigenvalue weighted by molar-refractivity contribution is 0.0685. The molecule has 19 heavy (non-hydrogen) atoms. The first-order valence-electron chi connectivity index (χ1n) is 6.58. The Morgan fingerprint density at radius 1 is 1.32 bits per heavy atom. The second-order valence-electron chi connectivity index (χ2n) is 4.58. The average molecular weight is 261 g/mol. The molecule has 0 aliphatic rings. The molecule has 0 fully saturated rings. The number of nitrogens with zero attached hydrogens (tertiary/aromatic N) is 3. The summed E-state index contributed by atoms with van der Waals surface area (Å²) in [5.41, 5.74) is 1.17. The van der Waals surface area contributed by atoms with Gasteiger partial charge in [0.1, 0.15) is 5.69 Å². The first-order valence-corrected chi connectivity index (χ1v) is 6.58. The second-order valence-corrected chi connectivity index (χ2v) is 4.58. The quantitative estimate of drug-likeness (QED) is 0.869. The Labute approximate surface area is 112 Å². The highest BCUT2D eigenvalue weighted by molar-refractivity contribution is 5.85. The van der Waals surface area contributed by atoms with Crippen LogP contribution in [0.3, 0.4) is 0 Å². The topological polar surface area (TPSA) is 60.0 Å². The molecule has 0 radical (unpaired) electrons. The molecule has 2 heterocycles. The molecule has 0 spiro atoms. The monoisotopic (exact) mass is 261 g/mol. The molecular weight excluding hydrogens is 242 g/mol. The summed E-state index contributed by atoms with van der Waals surface area (Å²) in [6.07, 6.45) is 5.82. The fourth-order valence-electron chi connectivity index (χ4n) is 2.25. The van der Waals surface area contributed by atoms with Crippen molar-refractivity contribution >= 4 is 5.97 Å². The highest BCUT2D eigenvalue weighted by atomic mass is 16.4. The lowest BCUT2D eigenvalue weighted by Gasteiger charge is -2.12. The number of rotatable bonds is 6. The van der Waals surface area contributed by atoms with E-state index in [2.05, 4.69) is 18.9 Å². The summed E-state index contributed by atoms with van der Waals surface area (Å²) in [6.45, 7) is 4.77. The second kappa shape index (κ2) is 5.73. The van der Waals surface area contributed by atoms with Crippen molar-refractivity contribution in [3.63, 3.8) is 0 Å². The smallest absolute Gasteiger partial charge is 0.352 e. The first kappa shape index (κ1) is 13.4. The molecule has 102 valence electrons. The van der Waals surface area contributed by atoms with E-state index < -0.39 is 5.97 Å². The molecule has 5 nitrogen and oxygen atoms in total. The summed E-state index contributed by atoms with van der Waals surface area (Å²) >= 11 is 0. The van der Waals surface area contributed by atoms with Gasteiger partial charge in [0.2, 0.25) is 0 Å². The first-order chi connectivity index (χ1) is 9.15. The van der Waals surface area contributed by atoms with Crippen LogP contribution in [-0.2, 0) is 6.54 Å². The van der Waals surface area contributed by atoms with Gasteiger partial charge in [0, 0.05) is 12.4 Å². The van der Waals surface area contributed by atoms with Gasteiger partial charge in [0.25, 0.3) is 0 Å². The van der Waals surface area contributed by atoms with Crippen LogP contribution in [-0.4, -0.2) is 25.4 Å². The zero-order chi connectivity index (χ0) is 13.8. The number of carbonyl (C=O) groups is 1. The third-order valence-corrected chi connectivity index (χ3v) is 3.36. The molecule has 5 heteroatoms. The Balaban J connectivity index is 2.16. The van der Waals surface area contributed by atoms with Crippen LogP contribution in [0.25, 0.3) is 0 Å². The van der Waals surface area contributed by atoms with Gasteiger partial charge in [-0.3, -0.25) is 4.68 Å². The van der Waals surface area contributed by atoms with Crippen LogP contribution in [0.15, 0.2) is 30.6 Å². The summed E-state index contributed by atoms with van der Waals surface area (Å²) in [7, 11) is 0. The van der Waals surface area contributed by atoms with Crippen molar-refractivity contribution in [1.29, 1.82) is 0 Å². The molecular formula is C14H19N3O2. The zero-order valence-electron chi connectivity index (χ0n) is 11.3. The zero-order valence-corrected chi connectivity index (χ0v) is 11.3. The van der Waals surface area contributed by atoms with Crippen LogP contribution in [0.1, 0.15) is 48.9 Å². The molecule has 2 aromatic heterocycles. The summed E-state index contributed by atoms with van der Waals surface area (Å²) in [4.78, 5) is 11.0. The van der Waals surface area contributed by atoms with Crippen molar-refractivity contribution < 1.29 is 9.90 Å². The van der Waals surface area contributed by atoms with Gasteiger partial charge in [0.05, 0.1) is 18.3 Å². The number of hydrogen-bond donors (Lipinski definition) is 1. The Morgan fingerprint density at radius 3 is 2.68 bits per heavy atom. The van der Waals surface area contributed by atoms with Crippen molar-refractivity contribution in [3.8, 4) is 0 Å². The van der Waals surface area contributed by atoms with Gasteiger partial charge < -0.3 is 9.67 Å². The Morgan fingerprint density at radius 2 is 2.05 bits per heavy atom. The van der Waals surface area contributed by atoms with Crippen molar-refractivity contribution in [3.05, 3.63) is 42.0 Å². The Hall–Kier alpha value is -2.04. The van der Waals surface area contributed by atoms with Gasteiger partial charge in [-0.25, -0.2) is 4.79 Å². The molecule has 1 N–H and O–H groups in total. The highest BCUT2D eigenvalue weighted by Crippen LogP contribution is 2.15. The summed E-state index contributed by atoms with van der Waals surface area (Å²) in [5.74, 6) is -0.913. The molecule has 2 rings (SSSR count). The maximum atomic E-state index is 11.0. The van der Waals surface area contributed by atoms with Crippen LogP contribution in [0.5, 0.6) is 0 Å². The minimum atomic E-state index is -0.913. The normalized spacial score (nSPS) is 11.1. The predicted molar refractivity (Wildman–Crippen MR) is 72.3 cm³/mol. The minimum Gasteiger partial charge on any atom is -0.477 e. The Kier molecular flexibility index (Phi) is 4.04. The highest BCUT2D eigenvalue weighted by Gasteiger charge is 2.11. The summed E-state index contributed by atoms with van der Waals surface area (Å²) < 4.78 is 3.67. The largest absolute Gasteiger partial charge is 0.477 e. The summed E-state index contributed by atoms with van der Waals surface area (Å²) in [6, 6.07) is 5.70. The lowest BCUT2D eigenvalue weighted by atomic mass is 10.2. The molecule has 0 unspecified atom stereocenters. The van der Waals surface area contributed by atoms with E-state index in [1.165, 1.54) is 0 Å². The van der Waals surface area contributed by atoms with E-state index in [0.717, 1.165) is 18.5 Å². The van der Waals surface area contributed by atoms with Crippen LogP contribution < -0.4 is 0 Å². The molecule has 0 aliphatic heterocycles. The standard InChI is InChI=1S/C14H19N3O2/c1-3-12(4-2)17-9-7-11(15-17)10-16-8-5-6-13(16)14(18)19/h5-9,12H,3-4,10H2,1-2H3,(H,18,19). The van der Waals surface area contributed by atoms with Crippen LogP contribution in [0.4, 0.5) is 0 Å². The number of carboxylic acids is 1. The van der Waals surface area contributed by atoms with Gasteiger partial charge in [-0.1, -0.05) is 13.8 Å². The van der Waals surface area contributed by atoms with Gasteiger partial charge in [-0.05, 0) is 31.0 Å². The van der Waals surface area contributed by atoms with E-state index in [-0.39, 0.29) is 5.69 Å². The van der Waals surface area contributed by atoms with E-state index in [1.807, 2.05) is 16.9 Å². The maximum Gasteiger partial charge on any atom is 0.352 e. The van der Waals surface area contributed by atoms with Crippen LogP contribution in [0.2, 0.25) is 0 Å². The van der Waals surface area contributed by atoms with Gasteiger partial charge in [0.15, 0.2) is 0 Å². The van der Waals surface area contributed by atoms with Crippen LogP contribution >= 0.6 is 0 Å². The molecule has 0 amide bonds. The molecule has 2 aromatic rings. The van der Waals surface area contributed by atoms with Gasteiger partial charge in [-0.2, -0.15) is 5.10 Å². The fraction of sp³-hybridized carbons (Fsp3) is 0.429. The van der Waals surface area contributed by atoms with E-state index in [1.54, 1.807) is 22.9 Å². The van der Waals surface area contributed by atoms with E-state index in [0.29, 0.717) is 12.6 Å². The number of hydrogen-bond acceptors (Lipinski definition) is 2. The number of aromatic nitrogens is 3. The van der Waals surface area contributed by atoms with Crippen molar-refractivity contribution in [1.82, 2.24) is 14.3 Å². The van der Waals surface area contributed by atoms with Crippen molar-refractivity contribution in [2.45, 2.75) is 39.3 Å². The molecule has 0 atom stereocenters.